The molecule has 1 rings (SSSR count). The number of carbonyl (C=O) groups excluding carboxylic acids is 3. The number of aliphatic hydroxyl groups is 1. The summed E-state index contributed by atoms with van der Waals surface area (Å²) in [5.41, 5.74) is -1.54. The monoisotopic (exact) mass is 342 g/mol. The summed E-state index contributed by atoms with van der Waals surface area (Å²) in [5, 5.41) is 20.3. The number of hydrogen-bond donors (Lipinski definition) is 3. The van der Waals surface area contributed by atoms with Gasteiger partial charge in [0.25, 0.3) is 0 Å². The van der Waals surface area contributed by atoms with E-state index in [9.17, 15) is 19.5 Å². The standard InChI is InChI=1S/C16H26N2O6/c1-8(12-10(6-18-12)9(2)19)13(20)11(17)14(21)23-7-24-15(22)16(3,4)5/h8-10,12,17-19H,6-7H2,1-5H3. The van der Waals surface area contributed by atoms with Gasteiger partial charge in [-0.2, -0.15) is 0 Å². The predicted molar refractivity (Wildman–Crippen MR) is 85.4 cm³/mol. The van der Waals surface area contributed by atoms with Gasteiger partial charge in [0, 0.05) is 24.4 Å². The average Bonchev–Trinajstić information content (AvgIpc) is 2.42. The van der Waals surface area contributed by atoms with Crippen LogP contribution in [0.1, 0.15) is 34.6 Å². The molecule has 8 nitrogen and oxygen atoms in total. The van der Waals surface area contributed by atoms with Gasteiger partial charge >= 0.3 is 11.9 Å². The van der Waals surface area contributed by atoms with E-state index in [4.69, 9.17) is 10.1 Å². The van der Waals surface area contributed by atoms with Gasteiger partial charge in [0.05, 0.1) is 11.5 Å². The Morgan fingerprint density at radius 1 is 1.25 bits per heavy atom. The van der Waals surface area contributed by atoms with Crippen LogP contribution < -0.4 is 5.32 Å². The number of ketones is 1. The maximum Gasteiger partial charge on any atom is 0.362 e. The molecule has 1 saturated heterocycles. The van der Waals surface area contributed by atoms with Crippen LogP contribution in [0.3, 0.4) is 0 Å². The fourth-order valence-electron chi connectivity index (χ4n) is 2.32. The van der Waals surface area contributed by atoms with Crippen molar-refractivity contribution >= 4 is 23.4 Å². The maximum atomic E-state index is 12.2. The molecule has 8 heteroatoms. The van der Waals surface area contributed by atoms with Crippen LogP contribution in [0, 0.1) is 22.7 Å². The third-order valence-electron chi connectivity index (χ3n) is 4.07. The summed E-state index contributed by atoms with van der Waals surface area (Å²) in [6.45, 7) is 8.12. The zero-order valence-electron chi connectivity index (χ0n) is 14.7. The highest BCUT2D eigenvalue weighted by Gasteiger charge is 2.42. The van der Waals surface area contributed by atoms with E-state index in [0.717, 1.165) is 0 Å². The van der Waals surface area contributed by atoms with Crippen LogP contribution in [0.15, 0.2) is 0 Å². The number of Topliss-reactive ketones (excluding diaryl/α,β-unsaturated/α-hetero) is 1. The van der Waals surface area contributed by atoms with Crippen LogP contribution in [0.4, 0.5) is 0 Å². The summed E-state index contributed by atoms with van der Waals surface area (Å²) in [7, 11) is 0. The molecule has 0 spiro atoms. The summed E-state index contributed by atoms with van der Waals surface area (Å²) in [6, 6.07) is -0.288. The average molecular weight is 342 g/mol. The van der Waals surface area contributed by atoms with E-state index in [1.54, 1.807) is 34.6 Å². The summed E-state index contributed by atoms with van der Waals surface area (Å²) in [6.07, 6.45) is -0.579. The van der Waals surface area contributed by atoms with Gasteiger partial charge in [-0.3, -0.25) is 15.0 Å². The molecule has 4 unspecified atom stereocenters. The Bertz CT molecular complexity index is 523. The number of hydrogen-bond acceptors (Lipinski definition) is 8. The van der Waals surface area contributed by atoms with Crippen molar-refractivity contribution in [1.29, 1.82) is 5.41 Å². The van der Waals surface area contributed by atoms with Crippen molar-refractivity contribution in [2.45, 2.75) is 46.8 Å². The van der Waals surface area contributed by atoms with E-state index in [0.29, 0.717) is 6.54 Å². The van der Waals surface area contributed by atoms with Crippen molar-refractivity contribution in [3.63, 3.8) is 0 Å². The number of nitrogens with one attached hydrogen (secondary N) is 2. The van der Waals surface area contributed by atoms with Crippen molar-refractivity contribution < 1.29 is 29.0 Å². The highest BCUT2D eigenvalue weighted by Crippen LogP contribution is 2.25. The molecule has 0 aromatic rings. The molecule has 1 aliphatic rings. The first-order valence-corrected chi connectivity index (χ1v) is 7.85. The lowest BCUT2D eigenvalue weighted by molar-refractivity contribution is -0.169. The molecule has 0 aromatic heterocycles. The van der Waals surface area contributed by atoms with Gasteiger partial charge in [-0.25, -0.2) is 4.79 Å². The van der Waals surface area contributed by atoms with Crippen LogP contribution in [-0.4, -0.2) is 54.0 Å². The zero-order valence-corrected chi connectivity index (χ0v) is 14.7. The summed E-state index contributed by atoms with van der Waals surface area (Å²) in [5.74, 6) is -3.11. The number of ether oxygens (including phenoxy) is 2. The predicted octanol–water partition coefficient (Wildman–Crippen LogP) is 0.270. The molecule has 0 saturated carbocycles. The van der Waals surface area contributed by atoms with E-state index < -0.39 is 47.7 Å². The lowest BCUT2D eigenvalue weighted by Gasteiger charge is -2.42. The molecule has 136 valence electrons. The molecule has 0 aliphatic carbocycles. The first kappa shape index (κ1) is 20.2. The van der Waals surface area contributed by atoms with Crippen LogP contribution in [-0.2, 0) is 23.9 Å². The molecule has 24 heavy (non-hydrogen) atoms. The fourth-order valence-corrected chi connectivity index (χ4v) is 2.32. The summed E-state index contributed by atoms with van der Waals surface area (Å²) < 4.78 is 9.41. The molecule has 3 N–H and O–H groups in total. The van der Waals surface area contributed by atoms with E-state index >= 15 is 0 Å². The van der Waals surface area contributed by atoms with Crippen molar-refractivity contribution in [1.82, 2.24) is 5.32 Å². The topological polar surface area (TPSA) is 126 Å². The summed E-state index contributed by atoms with van der Waals surface area (Å²) >= 11 is 0. The van der Waals surface area contributed by atoms with E-state index in [1.807, 2.05) is 0 Å². The fraction of sp³-hybridized carbons (Fsp3) is 0.750. The largest absolute Gasteiger partial charge is 0.427 e. The lowest BCUT2D eigenvalue weighted by atomic mass is 9.77. The number of rotatable bonds is 7. The Morgan fingerprint density at radius 3 is 2.25 bits per heavy atom. The molecule has 1 heterocycles. The Hall–Kier alpha value is -1.80. The third kappa shape index (κ3) is 4.85. The van der Waals surface area contributed by atoms with Crippen molar-refractivity contribution in [3.8, 4) is 0 Å². The quantitative estimate of drug-likeness (QED) is 0.262. The van der Waals surface area contributed by atoms with Gasteiger partial charge in [0.1, 0.15) is 0 Å². The van der Waals surface area contributed by atoms with Gasteiger partial charge in [-0.05, 0) is 27.7 Å². The Labute approximate surface area is 141 Å². The van der Waals surface area contributed by atoms with Crippen molar-refractivity contribution in [3.05, 3.63) is 0 Å². The smallest absolute Gasteiger partial charge is 0.362 e. The minimum absolute atomic E-state index is 0.0967. The second kappa shape index (κ2) is 7.85. The maximum absolute atomic E-state index is 12.2. The lowest BCUT2D eigenvalue weighted by Crippen LogP contribution is -2.62. The van der Waals surface area contributed by atoms with Gasteiger partial charge in [-0.15, -0.1) is 0 Å². The first-order chi connectivity index (χ1) is 11.0. The van der Waals surface area contributed by atoms with Gasteiger partial charge in [0.2, 0.25) is 6.79 Å². The molecule has 0 bridgehead atoms. The molecule has 1 fully saturated rings. The number of carbonyl (C=O) groups is 3. The Kier molecular flexibility index (Phi) is 6.62. The zero-order chi connectivity index (χ0) is 18.7. The Morgan fingerprint density at radius 2 is 1.83 bits per heavy atom. The van der Waals surface area contributed by atoms with Crippen LogP contribution >= 0.6 is 0 Å². The Balaban J connectivity index is 2.49. The highest BCUT2D eigenvalue weighted by molar-refractivity contribution is 6.63. The molecule has 1 aliphatic heterocycles. The molecule has 0 aromatic carbocycles. The van der Waals surface area contributed by atoms with Gasteiger partial charge in [0.15, 0.2) is 11.5 Å². The highest BCUT2D eigenvalue weighted by atomic mass is 16.7. The summed E-state index contributed by atoms with van der Waals surface area (Å²) in [4.78, 5) is 35.5. The minimum Gasteiger partial charge on any atom is -0.427 e. The van der Waals surface area contributed by atoms with Gasteiger partial charge < -0.3 is 19.9 Å². The third-order valence-corrected chi connectivity index (χ3v) is 4.07. The van der Waals surface area contributed by atoms with E-state index in [-0.39, 0.29) is 12.0 Å². The van der Waals surface area contributed by atoms with Crippen molar-refractivity contribution in [2.75, 3.05) is 13.3 Å². The van der Waals surface area contributed by atoms with Gasteiger partial charge in [-0.1, -0.05) is 6.92 Å². The van der Waals surface area contributed by atoms with E-state index in [2.05, 4.69) is 10.1 Å². The second-order valence-corrected chi connectivity index (χ2v) is 7.10. The number of esters is 2. The minimum atomic E-state index is -1.14. The molecular formula is C16H26N2O6. The molecule has 0 radical (unpaired) electrons. The van der Waals surface area contributed by atoms with Crippen molar-refractivity contribution in [2.24, 2.45) is 17.3 Å². The molecule has 4 atom stereocenters. The van der Waals surface area contributed by atoms with E-state index in [1.165, 1.54) is 0 Å². The first-order valence-electron chi connectivity index (χ1n) is 7.85. The normalized spacial score (nSPS) is 22.8. The van der Waals surface area contributed by atoms with Crippen LogP contribution in [0.5, 0.6) is 0 Å². The number of aliphatic hydroxyl groups excluding tert-OH is 1. The SMILES string of the molecule is CC(O)C1CNC1C(C)C(=O)C(=N)C(=O)OCOC(=O)C(C)(C)C. The molecular weight excluding hydrogens is 316 g/mol. The van der Waals surface area contributed by atoms with Crippen LogP contribution in [0.2, 0.25) is 0 Å². The second-order valence-electron chi connectivity index (χ2n) is 7.10. The molecule has 0 amide bonds. The van der Waals surface area contributed by atoms with Crippen LogP contribution in [0.25, 0.3) is 0 Å².